The van der Waals surface area contributed by atoms with Crippen LogP contribution in [0, 0.1) is 0 Å². The molecule has 5 aromatic rings. The van der Waals surface area contributed by atoms with Crippen molar-refractivity contribution in [2.45, 2.75) is 130 Å². The number of unbranched alkanes of at least 4 members (excludes halogenated alkanes) is 3. The van der Waals surface area contributed by atoms with Gasteiger partial charge in [-0.1, -0.05) is 37.1 Å². The molecule has 9 rings (SSSR count). The van der Waals surface area contributed by atoms with E-state index in [1.807, 2.05) is 24.3 Å². The SMILES string of the molecule is CCN1c2cc3c(cc2C(C)=CC1(C)C)C(c1ccccc1C(=O)N(C)CCCC(=O)NCCCCCCNc1nc2c(=O)[nH]c(N)nc2n1[C@@H]1O[C@H](COP(=O)(O)OP(=O)(O)OP(=O)([O-])O)[C@@H](O)[C@H]1O)=c1cc2c(cc1O3)=[N+](CC)C(C)(C)C=C2C. The average molecular weight is 1270 g/mol. The van der Waals surface area contributed by atoms with Crippen LogP contribution in [0.4, 0.5) is 17.6 Å². The second-order valence-electron chi connectivity index (χ2n) is 23.1. The van der Waals surface area contributed by atoms with Gasteiger partial charge in [-0.05, 0) is 102 Å². The van der Waals surface area contributed by atoms with Gasteiger partial charge in [-0.3, -0.25) is 33.0 Å². The second-order valence-corrected chi connectivity index (χ2v) is 27.4. The molecule has 0 bridgehead atoms. The van der Waals surface area contributed by atoms with Crippen molar-refractivity contribution in [3.05, 3.63) is 109 Å². The average Bonchev–Trinajstić information content (AvgIpc) is 1.23. The third-order valence-electron chi connectivity index (χ3n) is 15.9. The lowest BCUT2D eigenvalue weighted by molar-refractivity contribution is -0.212. The first kappa shape index (κ1) is 65.0. The number of phosphoric ester groups is 1. The molecule has 27 nitrogen and oxygen atoms in total. The minimum absolute atomic E-state index is 0.0525. The summed E-state index contributed by atoms with van der Waals surface area (Å²) in [4.78, 5) is 94.4. The maximum atomic E-state index is 14.7. The van der Waals surface area contributed by atoms with E-state index in [9.17, 15) is 53.0 Å². The fourth-order valence-electron chi connectivity index (χ4n) is 12.2. The number of ether oxygens (including phenoxy) is 2. The van der Waals surface area contributed by atoms with Crippen molar-refractivity contribution < 1.29 is 75.7 Å². The quantitative estimate of drug-likeness (QED) is 0.0224. The van der Waals surface area contributed by atoms with Crippen LogP contribution in [0.5, 0.6) is 11.5 Å². The van der Waals surface area contributed by atoms with Gasteiger partial charge in [-0.25, -0.2) is 23.0 Å². The van der Waals surface area contributed by atoms with E-state index < -0.39 is 60.2 Å². The number of hydrogen-bond donors (Lipinski definition) is 9. The Kier molecular flexibility index (Phi) is 18.9. The number of allylic oxidation sites excluding steroid dienone is 2. The van der Waals surface area contributed by atoms with Crippen LogP contribution in [0.2, 0.25) is 0 Å². The number of imidazole rings is 1. The Morgan fingerprint density at radius 2 is 1.57 bits per heavy atom. The molecule has 0 aliphatic carbocycles. The topological polar surface area (TPSA) is 379 Å². The van der Waals surface area contributed by atoms with E-state index in [0.29, 0.717) is 62.3 Å². The van der Waals surface area contributed by atoms with Crippen LogP contribution in [0.25, 0.3) is 27.9 Å². The molecule has 470 valence electrons. The Balaban J connectivity index is 0.807. The minimum atomic E-state index is -5.91. The molecule has 1 saturated heterocycles. The van der Waals surface area contributed by atoms with E-state index in [-0.39, 0.29) is 58.9 Å². The fourth-order valence-corrected chi connectivity index (χ4v) is 15.2. The third kappa shape index (κ3) is 13.9. The Hall–Kier alpha value is -6.41. The summed E-state index contributed by atoms with van der Waals surface area (Å²) in [5.41, 5.74) is 12.9. The van der Waals surface area contributed by atoms with Gasteiger partial charge in [0.05, 0.1) is 18.2 Å². The molecule has 3 aromatic carbocycles. The van der Waals surface area contributed by atoms with Crippen LogP contribution in [0.15, 0.2) is 65.5 Å². The normalized spacial score (nSPS) is 21.3. The largest absolute Gasteiger partial charge is 0.756 e. The monoisotopic (exact) mass is 1260 g/mol. The standard InChI is InChI=1S/C57H75N10O17P3/c1-10-65-40-27-42-38(25-36(40)32(3)29-56(65,5)6)46(39-26-37-33(4)30-57(7,8)66(11-2)41(37)28-43(39)81-42)34-19-14-15-20-35(34)52(72)64(9)24-18-21-45(68)59-22-16-12-13-17-23-60-55-61-47-50(62-54(58)63-51(47)71)67(55)53-49(70)48(69)44(82-53)31-80-86(76,77)84-87(78,79)83-85(73,74)75/h14-15,19-20,25-30,44,48-49,53,69-70H,10-13,16-18,21-24,31H2,1-9H3,(H8,58,59,63,68,71,72,73,74,75,76,77,78,79)/t44-,48-,49-,53-/m1/s1. The first-order valence-corrected chi connectivity index (χ1v) is 33.1. The molecule has 0 radical (unpaired) electrons. The number of rotatable bonds is 24. The number of aliphatic hydroxyl groups is 2. The molecule has 2 aromatic heterocycles. The van der Waals surface area contributed by atoms with Gasteiger partial charge >= 0.3 is 15.6 Å². The predicted molar refractivity (Wildman–Crippen MR) is 323 cm³/mol. The molecule has 2 amide bonds. The van der Waals surface area contributed by atoms with Gasteiger partial charge in [0.2, 0.25) is 23.2 Å². The molecule has 6 heterocycles. The van der Waals surface area contributed by atoms with E-state index >= 15 is 0 Å². The lowest BCUT2D eigenvalue weighted by atomic mass is 9.83. The summed E-state index contributed by atoms with van der Waals surface area (Å²) in [5, 5.41) is 29.9. The summed E-state index contributed by atoms with van der Waals surface area (Å²) in [6, 6.07) is 16.5. The van der Waals surface area contributed by atoms with Gasteiger partial charge in [0.1, 0.15) is 36.4 Å². The van der Waals surface area contributed by atoms with Crippen molar-refractivity contribution in [2.75, 3.05) is 62.3 Å². The lowest BCUT2D eigenvalue weighted by Gasteiger charge is -2.43. The predicted octanol–water partition coefficient (Wildman–Crippen LogP) is 4.75. The summed E-state index contributed by atoms with van der Waals surface area (Å²) in [5.74, 6) is 0.710. The van der Waals surface area contributed by atoms with Gasteiger partial charge in [-0.2, -0.15) is 9.29 Å². The van der Waals surface area contributed by atoms with Crippen molar-refractivity contribution in [1.29, 1.82) is 0 Å². The van der Waals surface area contributed by atoms with Gasteiger partial charge in [0.15, 0.2) is 22.9 Å². The maximum Gasteiger partial charge on any atom is 0.487 e. The van der Waals surface area contributed by atoms with E-state index in [1.165, 1.54) is 0 Å². The van der Waals surface area contributed by atoms with E-state index in [0.717, 1.165) is 72.9 Å². The maximum absolute atomic E-state index is 14.7. The number of nitrogens with one attached hydrogen (secondary N) is 3. The summed E-state index contributed by atoms with van der Waals surface area (Å²) >= 11 is 0. The summed E-state index contributed by atoms with van der Waals surface area (Å²) in [7, 11) is -15.7. The highest BCUT2D eigenvalue weighted by atomic mass is 31.3. The number of H-pyrrole nitrogens is 1. The Labute approximate surface area is 501 Å². The van der Waals surface area contributed by atoms with Crippen molar-refractivity contribution in [1.82, 2.24) is 34.3 Å². The van der Waals surface area contributed by atoms with Crippen molar-refractivity contribution in [2.24, 2.45) is 0 Å². The zero-order chi connectivity index (χ0) is 63.3. The molecule has 87 heavy (non-hydrogen) atoms. The molecule has 4 aliphatic heterocycles. The zero-order valence-electron chi connectivity index (χ0n) is 49.8. The number of benzene rings is 3. The van der Waals surface area contributed by atoms with Crippen LogP contribution >= 0.6 is 23.5 Å². The first-order valence-electron chi connectivity index (χ1n) is 28.6. The van der Waals surface area contributed by atoms with Gasteiger partial charge < -0.3 is 65.4 Å². The Morgan fingerprint density at radius 3 is 2.28 bits per heavy atom. The number of aliphatic hydroxyl groups excluding tert-OH is 2. The number of nitrogens with zero attached hydrogens (tertiary/aromatic N) is 6. The van der Waals surface area contributed by atoms with Gasteiger partial charge in [0.25, 0.3) is 19.3 Å². The molecular formula is C57H75N10O17P3. The number of likely N-dealkylation sites (N-methyl/N-ethyl adjacent to an activating group) is 2. The third-order valence-corrected chi connectivity index (χ3v) is 19.7. The zero-order valence-corrected chi connectivity index (χ0v) is 52.5. The van der Waals surface area contributed by atoms with E-state index in [1.54, 1.807) is 11.9 Å². The number of nitrogen functional groups attached to an aromatic ring is 1. The molecular weight excluding hydrogens is 1190 g/mol. The number of fused-ring (bicyclic) bond motifs is 5. The molecule has 30 heteroatoms. The molecule has 10 N–H and O–H groups in total. The summed E-state index contributed by atoms with van der Waals surface area (Å²) in [6.45, 7) is 19.0. The van der Waals surface area contributed by atoms with Crippen LogP contribution in [0.3, 0.4) is 0 Å². The Morgan fingerprint density at radius 1 is 0.874 bits per heavy atom. The number of nitrogens with two attached hydrogens (primary N) is 1. The van der Waals surface area contributed by atoms with E-state index in [4.69, 9.17) is 20.1 Å². The van der Waals surface area contributed by atoms with Crippen LogP contribution < -0.4 is 51.6 Å². The number of hydrogen-bond acceptors (Lipinski definition) is 19. The number of carbonyl (C=O) groups excluding carboxylic acids is 2. The van der Waals surface area contributed by atoms with Gasteiger partial charge in [-0.15, -0.1) is 0 Å². The van der Waals surface area contributed by atoms with Crippen molar-refractivity contribution in [3.8, 4) is 11.5 Å². The second kappa shape index (κ2) is 25.2. The van der Waals surface area contributed by atoms with Gasteiger partial charge in [0, 0.05) is 98.3 Å². The van der Waals surface area contributed by atoms with Crippen LogP contribution in [-0.2, 0) is 36.4 Å². The van der Waals surface area contributed by atoms with Crippen LogP contribution in [-0.4, -0.2) is 137 Å². The number of anilines is 3. The van der Waals surface area contributed by atoms with Crippen LogP contribution in [0.1, 0.15) is 133 Å². The molecule has 4 aliphatic rings. The lowest BCUT2D eigenvalue weighted by Crippen LogP contribution is -2.49. The molecule has 3 unspecified atom stereocenters. The number of carbonyl (C=O) groups is 2. The fraction of sp³-hybridized carbons (Fsp3) is 0.474. The number of phosphoric acid groups is 3. The molecule has 0 saturated carbocycles. The first-order chi connectivity index (χ1) is 40.8. The highest BCUT2D eigenvalue weighted by Crippen LogP contribution is 2.65. The summed E-state index contributed by atoms with van der Waals surface area (Å²) < 4.78 is 63.1. The highest BCUT2D eigenvalue weighted by molar-refractivity contribution is 7.66. The molecule has 7 atom stereocenters. The number of aromatic nitrogens is 4. The smallest absolute Gasteiger partial charge is 0.487 e. The number of aromatic amines is 1. The molecule has 0 spiro atoms. The van der Waals surface area contributed by atoms with Crippen molar-refractivity contribution in [3.63, 3.8) is 0 Å². The number of amides is 2. The summed E-state index contributed by atoms with van der Waals surface area (Å²) in [6.07, 6.45) is 0.846. The Bertz CT molecular complexity index is 3950. The van der Waals surface area contributed by atoms with E-state index in [2.05, 4.69) is 140 Å². The highest BCUT2D eigenvalue weighted by Gasteiger charge is 2.48. The van der Waals surface area contributed by atoms with Crippen molar-refractivity contribution >= 4 is 80.7 Å². The molecule has 1 fully saturated rings. The minimum Gasteiger partial charge on any atom is -0.756 e.